The van der Waals surface area contributed by atoms with E-state index >= 15 is 0 Å². The molecule has 0 saturated carbocycles. The molecule has 10 rings (SSSR count). The zero-order chi connectivity index (χ0) is 97.5. The van der Waals surface area contributed by atoms with Gasteiger partial charge in [0.05, 0.1) is 77.3 Å². The van der Waals surface area contributed by atoms with E-state index < -0.39 is 371 Å². The first-order chi connectivity index (χ1) is 61.5. The molecule has 55 heteroatoms. The normalized spacial score (nSPS) is 46.6. The summed E-state index contributed by atoms with van der Waals surface area (Å²) in [7, 11) is 0. The molecule has 20 unspecified atom stereocenters. The van der Waals surface area contributed by atoms with Crippen molar-refractivity contribution in [2.45, 2.75) is 382 Å². The predicted molar refractivity (Wildman–Crippen MR) is 436 cm³/mol. The minimum Gasteiger partial charge on any atom is -0.394 e. The van der Waals surface area contributed by atoms with Gasteiger partial charge in [0.25, 0.3) is 0 Å². The van der Waals surface area contributed by atoms with Crippen LogP contribution in [-0.2, 0) is 94.9 Å². The molecular weight excluding hydrogens is 1820 g/mol. The molecular formula is C76H142N2O51S2. The van der Waals surface area contributed by atoms with Crippen molar-refractivity contribution in [2.24, 2.45) is 0 Å². The van der Waals surface area contributed by atoms with Gasteiger partial charge in [0.1, 0.15) is 232 Å². The Balaban J connectivity index is 0.000000291. The fourth-order valence-corrected chi connectivity index (χ4v) is 15.8. The second-order valence-electron chi connectivity index (χ2n) is 32.3. The van der Waals surface area contributed by atoms with Crippen LogP contribution in [0, 0.1) is 0 Å². The predicted octanol–water partition coefficient (Wildman–Crippen LogP) is -17.7. The van der Waals surface area contributed by atoms with Gasteiger partial charge in [-0.15, -0.1) is 0 Å². The maximum absolute atomic E-state index is 11.7. The summed E-state index contributed by atoms with van der Waals surface area (Å²) in [5.41, 5.74) is 0. The molecule has 0 aromatic heterocycles. The summed E-state index contributed by atoms with van der Waals surface area (Å²) in [5, 5.41) is 311. The van der Waals surface area contributed by atoms with E-state index in [2.05, 4.69) is 35.9 Å². The number of rotatable bonds is 31. The number of ether oxygens (including phenoxy) is 18. The van der Waals surface area contributed by atoms with Gasteiger partial charge >= 0.3 is 0 Å². The van der Waals surface area contributed by atoms with E-state index in [4.69, 9.17) is 85.3 Å². The number of carbonyl (C=O) groups excluding carboxylic acids is 2. The third kappa shape index (κ3) is 30.4. The fraction of sp³-hybridized carbons (Fsp3) is 0.974. The molecule has 2 amide bonds. The molecule has 0 aromatic rings. The molecule has 10 heterocycles. The summed E-state index contributed by atoms with van der Waals surface area (Å²) in [6.07, 6.45) is -61.7. The maximum Gasteiger partial charge on any atom is 0.217 e. The van der Waals surface area contributed by atoms with Gasteiger partial charge in [-0.3, -0.25) is 9.59 Å². The van der Waals surface area contributed by atoms with E-state index in [1.165, 1.54) is 27.7 Å². The minimum atomic E-state index is -1.69. The number of aliphatic hydroxyl groups excluding tert-OH is 31. The van der Waals surface area contributed by atoms with Crippen LogP contribution in [0.25, 0.3) is 0 Å². The summed E-state index contributed by atoms with van der Waals surface area (Å²) in [6, 6.07) is -2.32. The van der Waals surface area contributed by atoms with Gasteiger partial charge in [0, 0.05) is 45.2 Å². The molecule has 10 aliphatic heterocycles. The SMILES string of the molecule is C.CCCO[C@@H]1OC(CO)[C@@H](O[C@@H]2OC(CO)[C@@H](O)[C@H](O)C2NC(C)=O)[C@H](O)C1NC(C)=O.CCCO[C@@H]1OC(CO)[C@@H](O[C@@H]2OC(CO)[C@@H](O)[C@H](O)C2O)[C@H](O)C1O.CCCO[C@@H]1OC(CO)[C@@H](O[C@@H]2OC(CO)[C@H](O)[C@H](O)C2O)[C@H](O)C1O.C[C@@H]1OC(CO)[C@@H](O[C@@H]2OC(CS)[C@@H](O)[C@H](O)C2O)[C@H](O)C1O.C[C@@H]1OC(CO)[C@@H](O[C@@H]2OC(CS)[C@H](O)[C@H](O)C2O)[C@H](O)C1O. The van der Waals surface area contributed by atoms with Crippen LogP contribution in [0.5, 0.6) is 0 Å². The number of aliphatic hydroxyl groups is 31. The lowest BCUT2D eigenvalue weighted by Crippen LogP contribution is -2.69. The van der Waals surface area contributed by atoms with Gasteiger partial charge in [-0.05, 0) is 33.1 Å². The summed E-state index contributed by atoms with van der Waals surface area (Å²) < 4.78 is 97.6. The van der Waals surface area contributed by atoms with E-state index in [0.717, 1.165) is 0 Å². The monoisotopic (exact) mass is 1960 g/mol. The van der Waals surface area contributed by atoms with Gasteiger partial charge in [-0.1, -0.05) is 28.2 Å². The van der Waals surface area contributed by atoms with Gasteiger partial charge in [0.2, 0.25) is 11.8 Å². The topological polar surface area (TPSA) is 851 Å². The van der Waals surface area contributed by atoms with Gasteiger partial charge in [-0.25, -0.2) is 0 Å². The van der Waals surface area contributed by atoms with Crippen molar-refractivity contribution in [1.29, 1.82) is 0 Å². The van der Waals surface area contributed by atoms with Crippen LogP contribution in [0.15, 0.2) is 0 Å². The molecule has 0 spiro atoms. The number of carbonyl (C=O) groups is 2. The highest BCUT2D eigenvalue weighted by Gasteiger charge is 2.58. The average molecular weight is 1960 g/mol. The van der Waals surface area contributed by atoms with Gasteiger partial charge in [-0.2, -0.15) is 25.3 Å². The Morgan fingerprint density at radius 1 is 0.252 bits per heavy atom. The van der Waals surface area contributed by atoms with E-state index in [0.29, 0.717) is 19.3 Å². The van der Waals surface area contributed by atoms with E-state index in [-0.39, 0.29) is 38.8 Å². The largest absolute Gasteiger partial charge is 0.394 e. The van der Waals surface area contributed by atoms with Crippen LogP contribution in [0.2, 0.25) is 0 Å². The Morgan fingerprint density at radius 2 is 0.458 bits per heavy atom. The fourth-order valence-electron chi connectivity index (χ4n) is 15.1. The number of hydrogen-bond acceptors (Lipinski definition) is 53. The zero-order valence-corrected chi connectivity index (χ0v) is 73.9. The standard InChI is InChI=1S/C19H34N2O11.2C15H28O11.2C13H24O9S.CH4/c1-4-5-29-18-13(21-9(3)25)16(28)17(11(7-23)31-18)32-19-12(20-8(2)24)15(27)14(26)10(6-22)30-19;2*1-2-3-23-14-12(22)10(20)13(7(5-17)25-14)26-15-11(21)9(19)8(18)6(4-16)24-15;2*1-4-7(15)10(18)12(5(2-14)20-4)22-13-11(19)9(17)8(16)6(3-23)21-13;/h10-19,22-23,26-28H,4-7H2,1-3H3,(H,20,24)(H,21,25);2*6-22H,2-5H2,1H3;2*4-19,23H,2-3H2,1H3;1H4/t10?,11?,12?,13?,14-,15-,16-,17-,18-,19+;6?,7?,8-,9+,10-,11?,12?,13-,14-,15+;6?,7?,8-,9-,10+,11?,12?,13+,14+,15-;4-,5?,6?,7?,8+,9-,10+,11?,12+,13-;4-,5?,6?,7?,8-,9-,10+,11?,12+,13-;/m11000./s1. The van der Waals surface area contributed by atoms with Crippen LogP contribution < -0.4 is 10.6 Å². The third-order valence-corrected chi connectivity index (χ3v) is 23.4. The Labute approximate surface area is 763 Å². The molecule has 33 N–H and O–H groups in total. The Kier molecular flexibility index (Phi) is 51.8. The summed E-state index contributed by atoms with van der Waals surface area (Å²) in [4.78, 5) is 23.3. The number of thiol groups is 2. The minimum absolute atomic E-state index is 0. The van der Waals surface area contributed by atoms with Crippen molar-refractivity contribution in [3.8, 4) is 0 Å². The summed E-state index contributed by atoms with van der Waals surface area (Å²) in [5.74, 6) is -0.882. The number of hydrogen-bond donors (Lipinski definition) is 35. The van der Waals surface area contributed by atoms with Crippen molar-refractivity contribution in [1.82, 2.24) is 10.6 Å². The highest BCUT2D eigenvalue weighted by molar-refractivity contribution is 7.80. The first-order valence-corrected chi connectivity index (χ1v) is 43.7. The highest BCUT2D eigenvalue weighted by atomic mass is 32.1. The van der Waals surface area contributed by atoms with Crippen molar-refractivity contribution >= 4 is 37.1 Å². The molecule has 10 saturated heterocycles. The molecule has 50 atom stereocenters. The first kappa shape index (κ1) is 119. The molecule has 774 valence electrons. The smallest absolute Gasteiger partial charge is 0.217 e. The zero-order valence-electron chi connectivity index (χ0n) is 72.1. The van der Waals surface area contributed by atoms with E-state index in [9.17, 15) is 168 Å². The van der Waals surface area contributed by atoms with Crippen LogP contribution in [0.3, 0.4) is 0 Å². The lowest BCUT2D eigenvalue weighted by molar-refractivity contribution is -0.359. The van der Waals surface area contributed by atoms with Crippen molar-refractivity contribution in [2.75, 3.05) is 84.2 Å². The molecule has 131 heavy (non-hydrogen) atoms. The Hall–Kier alpha value is -2.32. The molecule has 10 aliphatic rings. The lowest BCUT2D eigenvalue weighted by Gasteiger charge is -2.48. The van der Waals surface area contributed by atoms with E-state index in [1.54, 1.807) is 0 Å². The molecule has 0 aliphatic carbocycles. The van der Waals surface area contributed by atoms with Crippen molar-refractivity contribution < 1.29 is 253 Å². The third-order valence-electron chi connectivity index (χ3n) is 22.6. The number of amides is 2. The van der Waals surface area contributed by atoms with Crippen molar-refractivity contribution in [3.05, 3.63) is 0 Å². The van der Waals surface area contributed by atoms with Crippen LogP contribution in [0.4, 0.5) is 0 Å². The van der Waals surface area contributed by atoms with Crippen LogP contribution >= 0.6 is 25.3 Å². The lowest BCUT2D eigenvalue weighted by atomic mass is 9.94. The molecule has 53 nitrogen and oxygen atoms in total. The molecule has 10 fully saturated rings. The molecule has 0 radical (unpaired) electrons. The van der Waals surface area contributed by atoms with Crippen molar-refractivity contribution in [3.63, 3.8) is 0 Å². The Bertz CT molecular complexity index is 3000. The Morgan fingerprint density at radius 3 is 0.733 bits per heavy atom. The summed E-state index contributed by atoms with van der Waals surface area (Å²) >= 11 is 7.98. The second-order valence-corrected chi connectivity index (χ2v) is 33.0. The molecule has 0 bridgehead atoms. The van der Waals surface area contributed by atoms with Crippen LogP contribution in [0.1, 0.15) is 75.2 Å². The van der Waals surface area contributed by atoms with E-state index in [1.807, 2.05) is 20.8 Å². The van der Waals surface area contributed by atoms with Crippen LogP contribution in [-0.4, -0.2) is 561 Å². The van der Waals surface area contributed by atoms with Gasteiger partial charge in [0.15, 0.2) is 50.3 Å². The first-order valence-electron chi connectivity index (χ1n) is 42.4. The maximum atomic E-state index is 11.7. The average Bonchev–Trinajstić information content (AvgIpc) is 0.784. The second kappa shape index (κ2) is 57.0. The molecule has 0 aromatic carbocycles. The highest BCUT2D eigenvalue weighted by Crippen LogP contribution is 2.37. The quantitative estimate of drug-likeness (QED) is 0.0287. The number of nitrogens with one attached hydrogen (secondary N) is 2. The van der Waals surface area contributed by atoms with Gasteiger partial charge < -0.3 is 254 Å². The summed E-state index contributed by atoms with van der Waals surface area (Å²) in [6.45, 7) is 7.21.